The highest BCUT2D eigenvalue weighted by atomic mass is 16.6. The van der Waals surface area contributed by atoms with Crippen molar-refractivity contribution in [1.29, 1.82) is 0 Å². The predicted molar refractivity (Wildman–Crippen MR) is 95.7 cm³/mol. The van der Waals surface area contributed by atoms with Crippen LogP contribution in [0, 0.1) is 0 Å². The van der Waals surface area contributed by atoms with E-state index in [1.165, 1.54) is 17.7 Å². The molecule has 29 heavy (non-hydrogen) atoms. The Labute approximate surface area is 165 Å². The Morgan fingerprint density at radius 1 is 1.10 bits per heavy atom. The number of nitrogens with one attached hydrogen (secondary N) is 2. The second-order valence-corrected chi connectivity index (χ2v) is 6.37. The summed E-state index contributed by atoms with van der Waals surface area (Å²) in [6.45, 7) is 3.29. The third kappa shape index (κ3) is 5.51. The zero-order chi connectivity index (χ0) is 21.7. The molecule has 0 aromatic carbocycles. The van der Waals surface area contributed by atoms with Gasteiger partial charge in [0.1, 0.15) is 18.8 Å². The molecule has 2 unspecified atom stereocenters. The van der Waals surface area contributed by atoms with E-state index in [9.17, 15) is 24.0 Å². The molecule has 2 heterocycles. The average molecular weight is 413 g/mol. The minimum atomic E-state index is -1.20. The fraction of sp³-hybridized carbons (Fsp3) is 0.588. The molecule has 2 rings (SSSR count). The smallest absolute Gasteiger partial charge is 0.329 e. The van der Waals surface area contributed by atoms with Gasteiger partial charge in [-0.05, 0) is 7.05 Å². The van der Waals surface area contributed by atoms with Crippen LogP contribution in [0.25, 0.3) is 0 Å². The molecule has 0 bridgehead atoms. The molecule has 1 aromatic heterocycles. The molecular weight excluding hydrogens is 390 g/mol. The third-order valence-corrected chi connectivity index (χ3v) is 4.04. The van der Waals surface area contributed by atoms with Crippen molar-refractivity contribution >= 4 is 17.9 Å². The lowest BCUT2D eigenvalue weighted by Crippen LogP contribution is -2.41. The van der Waals surface area contributed by atoms with Crippen LogP contribution in [0.3, 0.4) is 0 Å². The molecule has 0 radical (unpaired) electrons. The van der Waals surface area contributed by atoms with Gasteiger partial charge in [-0.15, -0.1) is 0 Å². The molecule has 12 nitrogen and oxygen atoms in total. The van der Waals surface area contributed by atoms with Crippen molar-refractivity contribution in [3.63, 3.8) is 0 Å². The molecule has 1 aliphatic heterocycles. The first-order valence-corrected chi connectivity index (χ1v) is 8.75. The highest BCUT2D eigenvalue weighted by molar-refractivity contribution is 5.68. The number of carbonyl (C=O) groups excluding carboxylic acids is 3. The number of ether oxygens (including phenoxy) is 4. The molecule has 0 aliphatic carbocycles. The number of hydrogen-bond donors (Lipinski definition) is 2. The fourth-order valence-corrected chi connectivity index (χ4v) is 2.98. The second-order valence-electron chi connectivity index (χ2n) is 6.37. The van der Waals surface area contributed by atoms with Crippen molar-refractivity contribution in [2.75, 3.05) is 13.7 Å². The first kappa shape index (κ1) is 22.3. The van der Waals surface area contributed by atoms with Crippen LogP contribution in [0.15, 0.2) is 15.8 Å². The molecular formula is C17H23N3O9. The van der Waals surface area contributed by atoms with Gasteiger partial charge in [0.05, 0.1) is 12.2 Å². The molecule has 12 heteroatoms. The van der Waals surface area contributed by atoms with Gasteiger partial charge in [-0.2, -0.15) is 0 Å². The number of aromatic amines is 1. The molecule has 1 aromatic rings. The normalized spacial score (nSPS) is 23.4. The summed E-state index contributed by atoms with van der Waals surface area (Å²) in [5.41, 5.74) is -1.42. The highest BCUT2D eigenvalue weighted by Crippen LogP contribution is 2.36. The summed E-state index contributed by atoms with van der Waals surface area (Å²) < 4.78 is 22.4. The van der Waals surface area contributed by atoms with Gasteiger partial charge in [-0.3, -0.25) is 28.7 Å². The van der Waals surface area contributed by atoms with Crippen LogP contribution in [-0.4, -0.2) is 59.4 Å². The fourth-order valence-electron chi connectivity index (χ4n) is 2.98. The monoisotopic (exact) mass is 413 g/mol. The van der Waals surface area contributed by atoms with Crippen LogP contribution in [0.2, 0.25) is 0 Å². The first-order valence-electron chi connectivity index (χ1n) is 8.75. The van der Waals surface area contributed by atoms with E-state index in [1.807, 2.05) is 0 Å². The largest absolute Gasteiger partial charge is 0.463 e. The molecule has 1 aliphatic rings. The highest BCUT2D eigenvalue weighted by Gasteiger charge is 2.51. The average Bonchev–Trinajstić information content (AvgIpc) is 2.92. The van der Waals surface area contributed by atoms with Gasteiger partial charge >= 0.3 is 23.6 Å². The summed E-state index contributed by atoms with van der Waals surface area (Å²) in [7, 11) is 1.61. The molecule has 0 spiro atoms. The maximum Gasteiger partial charge on any atom is 0.329 e. The van der Waals surface area contributed by atoms with Gasteiger partial charge in [-0.1, -0.05) is 0 Å². The van der Waals surface area contributed by atoms with Gasteiger partial charge in [-0.25, -0.2) is 4.79 Å². The Morgan fingerprint density at radius 2 is 1.72 bits per heavy atom. The van der Waals surface area contributed by atoms with Crippen LogP contribution in [0.5, 0.6) is 0 Å². The van der Waals surface area contributed by atoms with E-state index in [1.54, 1.807) is 7.05 Å². The lowest BCUT2D eigenvalue weighted by atomic mass is 10.0. The topological polar surface area (TPSA) is 155 Å². The Balaban J connectivity index is 2.49. The third-order valence-electron chi connectivity index (χ3n) is 4.04. The minimum absolute atomic E-state index is 0.0198. The number of nitrogens with zero attached hydrogens (tertiary/aromatic N) is 1. The van der Waals surface area contributed by atoms with Crippen LogP contribution in [-0.2, 0) is 40.0 Å². The number of rotatable bonds is 7. The summed E-state index contributed by atoms with van der Waals surface area (Å²) in [6, 6.07) is 0. The number of carbonyl (C=O) groups is 3. The molecule has 0 amide bonds. The Kier molecular flexibility index (Phi) is 7.29. The quantitative estimate of drug-likeness (QED) is 0.402. The van der Waals surface area contributed by atoms with Crippen molar-refractivity contribution in [1.82, 2.24) is 14.9 Å². The minimum Gasteiger partial charge on any atom is -0.463 e. The van der Waals surface area contributed by atoms with Crippen LogP contribution >= 0.6 is 0 Å². The first-order chi connectivity index (χ1) is 13.6. The summed E-state index contributed by atoms with van der Waals surface area (Å²) in [4.78, 5) is 60.9. The maximum atomic E-state index is 12.4. The van der Waals surface area contributed by atoms with Gasteiger partial charge in [0.2, 0.25) is 0 Å². The molecule has 4 atom stereocenters. The van der Waals surface area contributed by atoms with Gasteiger partial charge < -0.3 is 24.3 Å². The van der Waals surface area contributed by atoms with Gasteiger partial charge in [0, 0.05) is 27.0 Å². The number of hydrogen-bond acceptors (Lipinski definition) is 10. The zero-order valence-corrected chi connectivity index (χ0v) is 16.4. The number of esters is 3. The van der Waals surface area contributed by atoms with Crippen molar-refractivity contribution in [2.45, 2.75) is 51.9 Å². The molecule has 160 valence electrons. The Morgan fingerprint density at radius 3 is 2.28 bits per heavy atom. The standard InChI is InChI=1S/C17H23N3O9/c1-8(21)26-6-12-14(27-9(2)22)15(28-10(3)23)13(29-12)11-5-20(7-18-4)17(25)19-16(11)24/h5,12-15,18H,6-7H2,1-4H3,(H,19,24,25)/t12-,13+,14?,15?/m1/s1. The molecule has 2 N–H and O–H groups in total. The van der Waals surface area contributed by atoms with Gasteiger partial charge in [0.15, 0.2) is 12.2 Å². The van der Waals surface area contributed by atoms with Crippen LogP contribution < -0.4 is 16.6 Å². The molecule has 0 saturated carbocycles. The van der Waals surface area contributed by atoms with E-state index < -0.39 is 53.6 Å². The number of aromatic nitrogens is 2. The summed E-state index contributed by atoms with van der Waals surface area (Å²) in [6.07, 6.45) is -3.24. The van der Waals surface area contributed by atoms with E-state index in [0.29, 0.717) is 0 Å². The van der Waals surface area contributed by atoms with Crippen molar-refractivity contribution in [3.05, 3.63) is 32.6 Å². The number of H-pyrrole nitrogens is 1. The molecule has 1 fully saturated rings. The van der Waals surface area contributed by atoms with E-state index >= 15 is 0 Å². The van der Waals surface area contributed by atoms with E-state index in [-0.39, 0.29) is 18.8 Å². The van der Waals surface area contributed by atoms with E-state index in [2.05, 4.69) is 10.3 Å². The Hall–Kier alpha value is -2.99. The maximum absolute atomic E-state index is 12.4. The summed E-state index contributed by atoms with van der Waals surface area (Å²) in [5.74, 6) is -1.98. The molecule has 1 saturated heterocycles. The van der Waals surface area contributed by atoms with E-state index in [0.717, 1.165) is 13.8 Å². The zero-order valence-electron chi connectivity index (χ0n) is 16.4. The summed E-state index contributed by atoms with van der Waals surface area (Å²) in [5, 5.41) is 2.77. The lowest BCUT2D eigenvalue weighted by molar-refractivity contribution is -0.165. The van der Waals surface area contributed by atoms with Gasteiger partial charge in [0.25, 0.3) is 5.56 Å². The van der Waals surface area contributed by atoms with Crippen molar-refractivity contribution < 1.29 is 33.3 Å². The van der Waals surface area contributed by atoms with Crippen molar-refractivity contribution in [2.24, 2.45) is 0 Å². The van der Waals surface area contributed by atoms with Crippen LogP contribution in [0.4, 0.5) is 0 Å². The van der Waals surface area contributed by atoms with Crippen molar-refractivity contribution in [3.8, 4) is 0 Å². The summed E-state index contributed by atoms with van der Waals surface area (Å²) >= 11 is 0. The second kappa shape index (κ2) is 9.47. The predicted octanol–water partition coefficient (Wildman–Crippen LogP) is -1.42. The Bertz CT molecular complexity index is 891. The SMILES string of the molecule is CNCn1cc([C@@H]2O[C@H](COC(C)=O)C(OC(C)=O)C2OC(C)=O)c(=O)[nH]c1=O. The van der Waals surface area contributed by atoms with E-state index in [4.69, 9.17) is 18.9 Å². The van der Waals surface area contributed by atoms with Crippen LogP contribution in [0.1, 0.15) is 32.4 Å². The lowest BCUT2D eigenvalue weighted by Gasteiger charge is -2.23.